The summed E-state index contributed by atoms with van der Waals surface area (Å²) < 4.78 is 5.20. The first-order valence-electron chi connectivity index (χ1n) is 9.24. The van der Waals surface area contributed by atoms with Gasteiger partial charge in [0.15, 0.2) is 0 Å². The van der Waals surface area contributed by atoms with E-state index in [0.717, 1.165) is 17.8 Å². The lowest BCUT2D eigenvalue weighted by atomic mass is 10.1. The smallest absolute Gasteiger partial charge is 0.248 e. The van der Waals surface area contributed by atoms with E-state index >= 15 is 0 Å². The van der Waals surface area contributed by atoms with Crippen molar-refractivity contribution in [3.63, 3.8) is 0 Å². The van der Waals surface area contributed by atoms with Crippen LogP contribution in [0.3, 0.4) is 0 Å². The van der Waals surface area contributed by atoms with Gasteiger partial charge in [-0.25, -0.2) is 0 Å². The topological polar surface area (TPSA) is 122 Å². The Labute approximate surface area is 166 Å². The molecule has 4 rings (SSSR count). The molecule has 0 aliphatic carbocycles. The molecule has 0 radical (unpaired) electrons. The Hall–Kier alpha value is -3.88. The second-order valence-electron chi connectivity index (χ2n) is 6.39. The quantitative estimate of drug-likeness (QED) is 0.475. The molecule has 146 valence electrons. The van der Waals surface area contributed by atoms with E-state index in [2.05, 4.69) is 47.8 Å². The molecular formula is C20H19N7O2. The predicted octanol–water partition coefficient (Wildman–Crippen LogP) is 2.61. The van der Waals surface area contributed by atoms with Crippen LogP contribution < -0.4 is 5.32 Å². The van der Waals surface area contributed by atoms with E-state index in [1.165, 1.54) is 5.56 Å². The third-order valence-corrected chi connectivity index (χ3v) is 4.25. The van der Waals surface area contributed by atoms with Crippen LogP contribution in [0.15, 0.2) is 59.4 Å². The van der Waals surface area contributed by atoms with Crippen LogP contribution in [0.4, 0.5) is 5.95 Å². The number of anilines is 1. The van der Waals surface area contributed by atoms with Gasteiger partial charge >= 0.3 is 0 Å². The van der Waals surface area contributed by atoms with E-state index in [4.69, 9.17) is 4.52 Å². The fourth-order valence-corrected chi connectivity index (χ4v) is 2.75. The molecule has 29 heavy (non-hydrogen) atoms. The lowest BCUT2D eigenvalue weighted by molar-refractivity contribution is -0.116. The van der Waals surface area contributed by atoms with Gasteiger partial charge in [0.25, 0.3) is 0 Å². The number of rotatable bonds is 8. The molecule has 3 heterocycles. The molecule has 0 aliphatic rings. The summed E-state index contributed by atoms with van der Waals surface area (Å²) in [6.07, 6.45) is 5.39. The first-order chi connectivity index (χ1) is 14.3. The zero-order valence-electron chi connectivity index (χ0n) is 15.6. The first-order valence-corrected chi connectivity index (χ1v) is 9.24. The normalized spacial score (nSPS) is 10.8. The number of amides is 1. The Morgan fingerprint density at radius 2 is 1.83 bits per heavy atom. The number of carbonyl (C=O) groups is 1. The monoisotopic (exact) mass is 389 g/mol. The molecule has 0 atom stereocenters. The van der Waals surface area contributed by atoms with Gasteiger partial charge < -0.3 is 4.52 Å². The number of carbonyl (C=O) groups excluding carboxylic acids is 1. The molecule has 0 saturated carbocycles. The van der Waals surface area contributed by atoms with Crippen LogP contribution in [-0.4, -0.2) is 36.2 Å². The average molecular weight is 389 g/mol. The van der Waals surface area contributed by atoms with Gasteiger partial charge in [-0.1, -0.05) is 35.5 Å². The zero-order valence-corrected chi connectivity index (χ0v) is 15.6. The van der Waals surface area contributed by atoms with Crippen LogP contribution in [0.2, 0.25) is 0 Å². The highest BCUT2D eigenvalue weighted by molar-refractivity contribution is 5.88. The minimum Gasteiger partial charge on any atom is -0.339 e. The number of pyridine rings is 1. The van der Waals surface area contributed by atoms with Crippen LogP contribution >= 0.6 is 0 Å². The molecule has 1 aromatic carbocycles. The van der Waals surface area contributed by atoms with Crippen molar-refractivity contribution in [2.24, 2.45) is 0 Å². The van der Waals surface area contributed by atoms with Gasteiger partial charge in [0.1, 0.15) is 5.82 Å². The summed E-state index contributed by atoms with van der Waals surface area (Å²) in [5.41, 5.74) is 2.03. The maximum atomic E-state index is 12.1. The van der Waals surface area contributed by atoms with Gasteiger partial charge in [0, 0.05) is 37.2 Å². The van der Waals surface area contributed by atoms with Gasteiger partial charge in [-0.3, -0.25) is 20.2 Å². The van der Waals surface area contributed by atoms with Crippen molar-refractivity contribution in [3.8, 4) is 11.4 Å². The van der Waals surface area contributed by atoms with Crippen molar-refractivity contribution >= 4 is 11.9 Å². The highest BCUT2D eigenvalue weighted by Crippen LogP contribution is 2.15. The minimum absolute atomic E-state index is 0.186. The van der Waals surface area contributed by atoms with Gasteiger partial charge in [0.05, 0.1) is 0 Å². The third-order valence-electron chi connectivity index (χ3n) is 4.25. The number of hydrogen-bond donors (Lipinski definition) is 2. The molecule has 0 aliphatic heterocycles. The van der Waals surface area contributed by atoms with Crippen LogP contribution in [0.1, 0.15) is 23.7 Å². The van der Waals surface area contributed by atoms with E-state index in [9.17, 15) is 4.79 Å². The van der Waals surface area contributed by atoms with Crippen LogP contribution in [0.25, 0.3) is 11.4 Å². The lowest BCUT2D eigenvalue weighted by Crippen LogP contribution is -2.13. The van der Waals surface area contributed by atoms with Crippen molar-refractivity contribution in [1.82, 2.24) is 30.3 Å². The van der Waals surface area contributed by atoms with Crippen molar-refractivity contribution in [1.29, 1.82) is 0 Å². The zero-order chi connectivity index (χ0) is 19.9. The summed E-state index contributed by atoms with van der Waals surface area (Å²) in [6, 6.07) is 13.7. The Morgan fingerprint density at radius 3 is 2.66 bits per heavy atom. The number of H-pyrrole nitrogens is 1. The SMILES string of the molecule is O=C(CCc1nc(-c2ccncc2)no1)Nc1n[nH]c(CCc2ccccc2)n1. The largest absolute Gasteiger partial charge is 0.339 e. The summed E-state index contributed by atoms with van der Waals surface area (Å²) in [5, 5.41) is 13.5. The van der Waals surface area contributed by atoms with Crippen molar-refractivity contribution < 1.29 is 9.32 Å². The Bertz CT molecular complexity index is 1060. The lowest BCUT2D eigenvalue weighted by Gasteiger charge is -1.99. The molecule has 0 spiro atoms. The van der Waals surface area contributed by atoms with E-state index in [-0.39, 0.29) is 18.3 Å². The number of aromatic amines is 1. The molecular weight excluding hydrogens is 370 g/mol. The van der Waals surface area contributed by atoms with E-state index in [1.807, 2.05) is 18.2 Å². The summed E-state index contributed by atoms with van der Waals surface area (Å²) in [7, 11) is 0. The number of nitrogens with zero attached hydrogens (tertiary/aromatic N) is 5. The first kappa shape index (κ1) is 18.5. The number of aryl methyl sites for hydroxylation is 3. The molecule has 9 heteroatoms. The van der Waals surface area contributed by atoms with Crippen molar-refractivity contribution in [2.75, 3.05) is 5.32 Å². The Morgan fingerprint density at radius 1 is 1.00 bits per heavy atom. The summed E-state index contributed by atoms with van der Waals surface area (Å²) in [6.45, 7) is 0. The second kappa shape index (κ2) is 8.87. The van der Waals surface area contributed by atoms with Crippen molar-refractivity contribution in [3.05, 3.63) is 72.1 Å². The van der Waals surface area contributed by atoms with Crippen LogP contribution in [-0.2, 0) is 24.1 Å². The van der Waals surface area contributed by atoms with E-state index in [1.54, 1.807) is 24.5 Å². The minimum atomic E-state index is -0.220. The molecule has 0 saturated heterocycles. The number of nitrogens with one attached hydrogen (secondary N) is 2. The molecule has 9 nitrogen and oxygen atoms in total. The standard InChI is InChI=1S/C20H19N7O2/c28-17(8-9-18-24-19(27-29-18)15-10-12-21-13-11-15)23-20-22-16(25-26-20)7-6-14-4-2-1-3-5-14/h1-5,10-13H,6-9H2,(H2,22,23,25,26,28). The fraction of sp³-hybridized carbons (Fsp3) is 0.200. The maximum absolute atomic E-state index is 12.1. The summed E-state index contributed by atoms with van der Waals surface area (Å²) in [4.78, 5) is 24.7. The molecule has 4 aromatic rings. The van der Waals surface area contributed by atoms with Crippen LogP contribution in [0, 0.1) is 0 Å². The van der Waals surface area contributed by atoms with Gasteiger partial charge in [0.2, 0.25) is 23.6 Å². The van der Waals surface area contributed by atoms with Crippen LogP contribution in [0.5, 0.6) is 0 Å². The van der Waals surface area contributed by atoms with Gasteiger partial charge in [-0.2, -0.15) is 9.97 Å². The van der Waals surface area contributed by atoms with E-state index in [0.29, 0.717) is 24.6 Å². The molecule has 0 fully saturated rings. The number of aromatic nitrogens is 6. The molecule has 3 aromatic heterocycles. The summed E-state index contributed by atoms with van der Waals surface area (Å²) in [5.74, 6) is 1.64. The van der Waals surface area contributed by atoms with Gasteiger partial charge in [-0.05, 0) is 24.1 Å². The number of benzene rings is 1. The molecule has 0 unspecified atom stereocenters. The second-order valence-corrected chi connectivity index (χ2v) is 6.39. The third kappa shape index (κ3) is 5.10. The molecule has 0 bridgehead atoms. The Balaban J connectivity index is 1.25. The average Bonchev–Trinajstić information content (AvgIpc) is 3.42. The predicted molar refractivity (Wildman–Crippen MR) is 105 cm³/mol. The number of hydrogen-bond acceptors (Lipinski definition) is 7. The van der Waals surface area contributed by atoms with Gasteiger partial charge in [-0.15, -0.1) is 5.10 Å². The van der Waals surface area contributed by atoms with Crippen molar-refractivity contribution in [2.45, 2.75) is 25.7 Å². The molecule has 1 amide bonds. The fourth-order valence-electron chi connectivity index (χ4n) is 2.75. The Kier molecular flexibility index (Phi) is 5.65. The van der Waals surface area contributed by atoms with E-state index < -0.39 is 0 Å². The summed E-state index contributed by atoms with van der Waals surface area (Å²) >= 11 is 0. The highest BCUT2D eigenvalue weighted by atomic mass is 16.5. The maximum Gasteiger partial charge on any atom is 0.248 e. The highest BCUT2D eigenvalue weighted by Gasteiger charge is 2.12. The molecule has 2 N–H and O–H groups in total.